The molecule has 18 rings (SSSR count). The predicted octanol–water partition coefficient (Wildman–Crippen LogP) is 18.6. The van der Waals surface area contributed by atoms with Crippen LogP contribution in [0.4, 0.5) is 0 Å². The van der Waals surface area contributed by atoms with Crippen LogP contribution in [-0.4, -0.2) is 20.4 Å². The average molecular weight is 1060 g/mol. The Labute approximate surface area is 485 Å². The molecule has 0 bridgehead atoms. The lowest BCUT2D eigenvalue weighted by atomic mass is 9.33. The molecule has 0 unspecified atom stereocenters. The topological polar surface area (TPSA) is 14.8 Å². The van der Waals surface area contributed by atoms with E-state index in [2.05, 4.69) is 275 Å². The lowest BCUT2D eigenvalue weighted by Gasteiger charge is -2.44. The van der Waals surface area contributed by atoms with Crippen LogP contribution in [0.25, 0.3) is 116 Å². The molecular formula is C79H62BN3. The lowest BCUT2D eigenvalue weighted by molar-refractivity contribution is 0.735. The number of rotatable bonds is 7. The van der Waals surface area contributed by atoms with Crippen LogP contribution >= 0.6 is 0 Å². The third kappa shape index (κ3) is 5.91. The summed E-state index contributed by atoms with van der Waals surface area (Å²) in [5.74, 6) is 1.37. The van der Waals surface area contributed by atoms with Gasteiger partial charge in [0.15, 0.2) is 0 Å². The first-order valence-electron chi connectivity index (χ1n) is 30.4. The fraction of sp³-hybridized carbons (Fsp3) is 0.165. The maximum absolute atomic E-state index is 2.81. The molecular weight excluding hydrogens is 1000 g/mol. The van der Waals surface area contributed by atoms with Gasteiger partial charge in [-0.15, -0.1) is 0 Å². The van der Waals surface area contributed by atoms with Crippen LogP contribution in [0.1, 0.15) is 124 Å². The van der Waals surface area contributed by atoms with E-state index in [0.717, 1.165) is 0 Å². The Bertz CT molecular complexity index is 5160. The molecule has 3 aliphatic heterocycles. The summed E-state index contributed by atoms with van der Waals surface area (Å²) in [4.78, 5) is 0. The van der Waals surface area contributed by atoms with Gasteiger partial charge in [0, 0.05) is 54.8 Å². The Morgan fingerprint density at radius 2 is 0.867 bits per heavy atom. The second-order valence-electron chi connectivity index (χ2n) is 25.9. The summed E-state index contributed by atoms with van der Waals surface area (Å²) in [5, 5.41) is 7.93. The predicted molar refractivity (Wildman–Crippen MR) is 352 cm³/mol. The molecule has 4 heteroatoms. The number of benzene rings is 11. The zero-order chi connectivity index (χ0) is 55.6. The highest BCUT2D eigenvalue weighted by Gasteiger charge is 2.55. The van der Waals surface area contributed by atoms with Crippen LogP contribution in [0.2, 0.25) is 0 Å². The Morgan fingerprint density at radius 1 is 0.325 bits per heavy atom. The highest BCUT2D eigenvalue weighted by molar-refractivity contribution is 7.00. The molecule has 396 valence electrons. The van der Waals surface area contributed by atoms with Crippen LogP contribution in [-0.2, 0) is 5.41 Å². The first kappa shape index (κ1) is 47.5. The number of fused-ring (bicyclic) bond motifs is 18. The van der Waals surface area contributed by atoms with E-state index in [1.807, 2.05) is 0 Å². The SMILES string of the molecule is CC(C)c1ccc2c(c1)C1(c3cc(C(C)C)ccc3-2)c2ccc3c4c2-n2c5c(cc(C(C)C)cc5c5cc(C(C)C)cc1c52)B4c1cc2c(c4ccccc4n2-c2cc(-c4ccccc4)ccc2-c2ccccc2)c2c4ccccc4n-3c12. The molecule has 11 aromatic carbocycles. The van der Waals surface area contributed by atoms with Gasteiger partial charge in [0.2, 0.25) is 0 Å². The standard InChI is InChI=1S/C79H62BN3/c1-43(2)49-27-31-55-56-32-28-50(44(3)4)38-63(56)79(62(55)37-49)61-33-34-69-74-77(61)83-75-59(35-52(45(5)6)39-64(75)79)60-36-53(46(7)8)40-65(76(60)83)80(74)66-42-71-72(73-58-24-16-18-26-68(58)82(69)78(66)73)57-23-15-17-25-67(57)81(71)70-41-51(47-19-11-9-12-20-47)29-30-54(70)48-21-13-10-14-22-48/h9-46H,1-8H3. The molecule has 4 aliphatic rings. The van der Waals surface area contributed by atoms with Gasteiger partial charge in [-0.05, 0) is 155 Å². The van der Waals surface area contributed by atoms with Crippen molar-refractivity contribution in [2.24, 2.45) is 0 Å². The minimum absolute atomic E-state index is 0.0788. The van der Waals surface area contributed by atoms with Gasteiger partial charge < -0.3 is 13.7 Å². The van der Waals surface area contributed by atoms with Crippen LogP contribution in [0.3, 0.4) is 0 Å². The molecule has 0 saturated carbocycles. The van der Waals surface area contributed by atoms with Gasteiger partial charge in [0.25, 0.3) is 6.71 Å². The van der Waals surface area contributed by atoms with Crippen molar-refractivity contribution in [1.29, 1.82) is 0 Å². The summed E-state index contributed by atoms with van der Waals surface area (Å²) in [6.07, 6.45) is 0. The number of hydrogen-bond acceptors (Lipinski definition) is 0. The zero-order valence-corrected chi connectivity index (χ0v) is 48.4. The van der Waals surface area contributed by atoms with Crippen molar-refractivity contribution in [2.45, 2.75) is 84.5 Å². The monoisotopic (exact) mass is 1060 g/mol. The van der Waals surface area contributed by atoms with Crippen LogP contribution in [0, 0.1) is 0 Å². The molecule has 14 aromatic rings. The van der Waals surface area contributed by atoms with Gasteiger partial charge >= 0.3 is 0 Å². The fourth-order valence-corrected chi connectivity index (χ4v) is 16.4. The van der Waals surface area contributed by atoms with Gasteiger partial charge in [-0.1, -0.05) is 219 Å². The second kappa shape index (κ2) is 16.5. The van der Waals surface area contributed by atoms with Gasteiger partial charge in [-0.25, -0.2) is 0 Å². The van der Waals surface area contributed by atoms with E-state index in [1.165, 1.54) is 177 Å². The highest BCUT2D eigenvalue weighted by atomic mass is 15.1. The zero-order valence-electron chi connectivity index (χ0n) is 48.4. The summed E-state index contributed by atoms with van der Waals surface area (Å²) in [5.41, 5.74) is 33.9. The first-order chi connectivity index (χ1) is 40.5. The van der Waals surface area contributed by atoms with Crippen LogP contribution < -0.4 is 16.4 Å². The molecule has 0 amide bonds. The fourth-order valence-electron chi connectivity index (χ4n) is 16.4. The van der Waals surface area contributed by atoms with Gasteiger partial charge in [-0.3, -0.25) is 0 Å². The largest absolute Gasteiger partial charge is 0.310 e. The Balaban J connectivity index is 1.06. The van der Waals surface area contributed by atoms with E-state index in [0.29, 0.717) is 23.7 Å². The summed E-state index contributed by atoms with van der Waals surface area (Å²) in [6, 6.07) is 81.0. The Kier molecular flexibility index (Phi) is 9.47. The first-order valence-corrected chi connectivity index (χ1v) is 30.4. The Hall–Kier alpha value is -9.12. The van der Waals surface area contributed by atoms with Crippen LogP contribution in [0.15, 0.2) is 206 Å². The summed E-state index contributed by atoms with van der Waals surface area (Å²) in [7, 11) is 0. The number of aromatic nitrogens is 3. The second-order valence-corrected chi connectivity index (χ2v) is 25.9. The summed E-state index contributed by atoms with van der Waals surface area (Å²) in [6.45, 7) is 19.0. The van der Waals surface area contributed by atoms with E-state index in [1.54, 1.807) is 0 Å². The number of para-hydroxylation sites is 2. The van der Waals surface area contributed by atoms with Gasteiger partial charge in [0.05, 0.1) is 38.7 Å². The normalized spacial score (nSPS) is 14.0. The molecule has 83 heavy (non-hydrogen) atoms. The Morgan fingerprint density at radius 3 is 1.52 bits per heavy atom. The molecule has 0 N–H and O–H groups in total. The smallest absolute Gasteiger partial charge is 0.252 e. The molecule has 3 aromatic heterocycles. The van der Waals surface area contributed by atoms with Crippen molar-refractivity contribution in [3.05, 3.63) is 251 Å². The van der Waals surface area contributed by atoms with E-state index >= 15 is 0 Å². The van der Waals surface area contributed by atoms with E-state index < -0.39 is 5.41 Å². The molecule has 0 radical (unpaired) electrons. The third-order valence-electron chi connectivity index (χ3n) is 20.3. The molecule has 1 aliphatic carbocycles. The molecule has 0 atom stereocenters. The van der Waals surface area contributed by atoms with Crippen molar-refractivity contribution in [1.82, 2.24) is 13.7 Å². The van der Waals surface area contributed by atoms with E-state index in [9.17, 15) is 0 Å². The average Bonchev–Trinajstić information content (AvgIpc) is 1.58. The number of nitrogens with zero attached hydrogens (tertiary/aromatic N) is 3. The van der Waals surface area contributed by atoms with Gasteiger partial charge in [0.1, 0.15) is 0 Å². The van der Waals surface area contributed by atoms with Crippen molar-refractivity contribution in [3.63, 3.8) is 0 Å². The van der Waals surface area contributed by atoms with Crippen LogP contribution in [0.5, 0.6) is 0 Å². The lowest BCUT2D eigenvalue weighted by Crippen LogP contribution is -2.60. The molecule has 6 heterocycles. The van der Waals surface area contributed by atoms with E-state index in [-0.39, 0.29) is 6.71 Å². The molecule has 0 saturated heterocycles. The third-order valence-corrected chi connectivity index (χ3v) is 20.3. The van der Waals surface area contributed by atoms with E-state index in [4.69, 9.17) is 0 Å². The number of hydrogen-bond donors (Lipinski definition) is 0. The summed E-state index contributed by atoms with van der Waals surface area (Å²) < 4.78 is 8.14. The van der Waals surface area contributed by atoms with Gasteiger partial charge in [-0.2, -0.15) is 0 Å². The molecule has 0 fully saturated rings. The minimum Gasteiger partial charge on any atom is -0.310 e. The maximum Gasteiger partial charge on any atom is 0.252 e. The quantitative estimate of drug-likeness (QED) is 0.141. The van der Waals surface area contributed by atoms with Crippen molar-refractivity contribution in [2.75, 3.05) is 0 Å². The van der Waals surface area contributed by atoms with Crippen molar-refractivity contribution >= 4 is 88.5 Å². The maximum atomic E-state index is 2.81. The van der Waals surface area contributed by atoms with Crippen molar-refractivity contribution < 1.29 is 0 Å². The summed E-state index contributed by atoms with van der Waals surface area (Å²) >= 11 is 0. The van der Waals surface area contributed by atoms with Crippen molar-refractivity contribution in [3.8, 4) is 50.4 Å². The minimum atomic E-state index is -0.594. The highest BCUT2D eigenvalue weighted by Crippen LogP contribution is 2.63. The molecule has 1 spiro atoms. The molecule has 3 nitrogen and oxygen atoms in total.